The van der Waals surface area contributed by atoms with Crippen LogP contribution in [0.2, 0.25) is 5.02 Å². The number of benzene rings is 1. The van der Waals surface area contributed by atoms with Gasteiger partial charge in [-0.2, -0.15) is 0 Å². The second kappa shape index (κ2) is 4.84. The van der Waals surface area contributed by atoms with Crippen molar-refractivity contribution in [2.45, 2.75) is 0 Å². The number of aromatic nitrogens is 1. The van der Waals surface area contributed by atoms with E-state index in [9.17, 15) is 4.79 Å². The number of nitrogens with zero attached hydrogens (tertiary/aromatic N) is 1. The highest BCUT2D eigenvalue weighted by Crippen LogP contribution is 2.12. The number of nitrogens with two attached hydrogens (primary N) is 1. The number of hydrogen-bond acceptors (Lipinski definition) is 3. The van der Waals surface area contributed by atoms with Crippen LogP contribution in [-0.4, -0.2) is 10.9 Å². The third-order valence-corrected chi connectivity index (χ3v) is 2.40. The fourth-order valence-corrected chi connectivity index (χ4v) is 1.41. The average Bonchev–Trinajstić information content (AvgIpc) is 2.33. The van der Waals surface area contributed by atoms with E-state index in [2.05, 4.69) is 10.3 Å². The maximum absolute atomic E-state index is 11.8. The van der Waals surface area contributed by atoms with Crippen molar-refractivity contribution in [2.75, 3.05) is 11.1 Å². The molecule has 0 aliphatic heterocycles. The van der Waals surface area contributed by atoms with Crippen LogP contribution in [0.4, 0.5) is 11.5 Å². The van der Waals surface area contributed by atoms with Gasteiger partial charge < -0.3 is 11.1 Å². The number of halogens is 1. The molecular formula is C12H10ClN3O. The quantitative estimate of drug-likeness (QED) is 0.857. The Morgan fingerprint density at radius 3 is 2.47 bits per heavy atom. The highest BCUT2D eigenvalue weighted by molar-refractivity contribution is 6.30. The lowest BCUT2D eigenvalue weighted by Gasteiger charge is -2.04. The third kappa shape index (κ3) is 2.95. The molecule has 0 radical (unpaired) electrons. The Morgan fingerprint density at radius 2 is 1.88 bits per heavy atom. The van der Waals surface area contributed by atoms with Gasteiger partial charge in [-0.3, -0.25) is 4.79 Å². The van der Waals surface area contributed by atoms with E-state index in [0.29, 0.717) is 22.1 Å². The van der Waals surface area contributed by atoms with Crippen molar-refractivity contribution in [3.8, 4) is 0 Å². The maximum atomic E-state index is 11.8. The molecule has 1 aromatic heterocycles. The Morgan fingerprint density at radius 1 is 1.18 bits per heavy atom. The van der Waals surface area contributed by atoms with Crippen LogP contribution in [0.3, 0.4) is 0 Å². The van der Waals surface area contributed by atoms with E-state index < -0.39 is 0 Å². The Labute approximate surface area is 103 Å². The molecule has 0 atom stereocenters. The van der Waals surface area contributed by atoms with Gasteiger partial charge in [0.15, 0.2) is 0 Å². The summed E-state index contributed by atoms with van der Waals surface area (Å²) in [6.07, 6.45) is 1.50. The minimum absolute atomic E-state index is 0.215. The summed E-state index contributed by atoms with van der Waals surface area (Å²) in [6.45, 7) is 0. The number of nitrogens with one attached hydrogen (secondary N) is 1. The van der Waals surface area contributed by atoms with Crippen LogP contribution in [0.15, 0.2) is 42.6 Å². The molecule has 0 fully saturated rings. The zero-order valence-electron chi connectivity index (χ0n) is 8.85. The Balaban J connectivity index is 2.11. The van der Waals surface area contributed by atoms with E-state index in [1.165, 1.54) is 6.20 Å². The normalized spacial score (nSPS) is 9.94. The smallest absolute Gasteiger partial charge is 0.255 e. The summed E-state index contributed by atoms with van der Waals surface area (Å²) in [5.41, 5.74) is 6.58. The first-order valence-corrected chi connectivity index (χ1v) is 5.31. The average molecular weight is 248 g/mol. The first kappa shape index (κ1) is 11.4. The largest absolute Gasteiger partial charge is 0.384 e. The Hall–Kier alpha value is -2.07. The van der Waals surface area contributed by atoms with Gasteiger partial charge in [0.05, 0.1) is 11.9 Å². The molecule has 0 saturated carbocycles. The molecule has 17 heavy (non-hydrogen) atoms. The number of carbonyl (C=O) groups excluding carboxylic acids is 1. The third-order valence-electron chi connectivity index (χ3n) is 2.15. The molecule has 1 heterocycles. The summed E-state index contributed by atoms with van der Waals surface area (Å²) in [6, 6.07) is 9.95. The van der Waals surface area contributed by atoms with Crippen molar-refractivity contribution in [1.29, 1.82) is 0 Å². The summed E-state index contributed by atoms with van der Waals surface area (Å²) in [4.78, 5) is 15.7. The second-order valence-corrected chi connectivity index (χ2v) is 3.87. The molecule has 4 nitrogen and oxygen atoms in total. The van der Waals surface area contributed by atoms with Gasteiger partial charge in [-0.05, 0) is 36.4 Å². The van der Waals surface area contributed by atoms with Gasteiger partial charge in [0.1, 0.15) is 5.82 Å². The fourth-order valence-electron chi connectivity index (χ4n) is 1.28. The number of rotatable bonds is 2. The molecule has 0 bridgehead atoms. The van der Waals surface area contributed by atoms with Gasteiger partial charge in [0.25, 0.3) is 5.91 Å². The summed E-state index contributed by atoms with van der Waals surface area (Å²) >= 11 is 5.74. The van der Waals surface area contributed by atoms with Gasteiger partial charge in [0.2, 0.25) is 0 Å². The molecule has 0 aliphatic rings. The molecule has 5 heteroatoms. The van der Waals surface area contributed by atoms with Gasteiger partial charge >= 0.3 is 0 Å². The molecule has 0 aliphatic carbocycles. The van der Waals surface area contributed by atoms with Crippen LogP contribution in [0.5, 0.6) is 0 Å². The van der Waals surface area contributed by atoms with Gasteiger partial charge in [-0.25, -0.2) is 4.98 Å². The SMILES string of the molecule is Nc1ccc(NC(=O)c2ccc(Cl)cc2)cn1. The standard InChI is InChI=1S/C12H10ClN3O/c13-9-3-1-8(2-4-9)12(17)16-10-5-6-11(14)15-7-10/h1-7H,(H2,14,15)(H,16,17). The Bertz CT molecular complexity index is 522. The molecule has 86 valence electrons. The number of hydrogen-bond donors (Lipinski definition) is 2. The zero-order chi connectivity index (χ0) is 12.3. The van der Waals surface area contributed by atoms with Crippen molar-refractivity contribution in [1.82, 2.24) is 4.98 Å². The van der Waals surface area contributed by atoms with Gasteiger partial charge in [-0.1, -0.05) is 11.6 Å². The molecule has 1 aromatic carbocycles. The first-order chi connectivity index (χ1) is 8.15. The van der Waals surface area contributed by atoms with Crippen LogP contribution in [0, 0.1) is 0 Å². The van der Waals surface area contributed by atoms with Crippen LogP contribution in [-0.2, 0) is 0 Å². The lowest BCUT2D eigenvalue weighted by molar-refractivity contribution is 0.102. The molecule has 0 saturated heterocycles. The number of pyridine rings is 1. The number of amides is 1. The summed E-state index contributed by atoms with van der Waals surface area (Å²) in [5, 5.41) is 3.30. The van der Waals surface area contributed by atoms with E-state index in [1.54, 1.807) is 36.4 Å². The maximum Gasteiger partial charge on any atom is 0.255 e. The molecule has 0 unspecified atom stereocenters. The van der Waals surface area contributed by atoms with E-state index >= 15 is 0 Å². The molecule has 2 aromatic rings. The van der Waals surface area contributed by atoms with Crippen molar-refractivity contribution in [3.63, 3.8) is 0 Å². The molecule has 1 amide bonds. The fraction of sp³-hybridized carbons (Fsp3) is 0. The summed E-state index contributed by atoms with van der Waals surface area (Å²) in [7, 11) is 0. The van der Waals surface area contributed by atoms with Crippen LogP contribution < -0.4 is 11.1 Å². The predicted molar refractivity (Wildman–Crippen MR) is 68.1 cm³/mol. The lowest BCUT2D eigenvalue weighted by atomic mass is 10.2. The predicted octanol–water partition coefficient (Wildman–Crippen LogP) is 2.57. The molecule has 0 spiro atoms. The van der Waals surface area contributed by atoms with Gasteiger partial charge in [-0.15, -0.1) is 0 Å². The zero-order valence-corrected chi connectivity index (χ0v) is 9.61. The topological polar surface area (TPSA) is 68.0 Å². The molecule has 2 rings (SSSR count). The first-order valence-electron chi connectivity index (χ1n) is 4.93. The minimum Gasteiger partial charge on any atom is -0.384 e. The van der Waals surface area contributed by atoms with Crippen molar-refractivity contribution in [2.24, 2.45) is 0 Å². The van der Waals surface area contributed by atoms with E-state index in [4.69, 9.17) is 17.3 Å². The second-order valence-electron chi connectivity index (χ2n) is 3.43. The minimum atomic E-state index is -0.215. The van der Waals surface area contributed by atoms with Crippen LogP contribution in [0.25, 0.3) is 0 Å². The summed E-state index contributed by atoms with van der Waals surface area (Å²) in [5.74, 6) is 0.197. The Kier molecular flexibility index (Phi) is 3.25. The van der Waals surface area contributed by atoms with Crippen molar-refractivity contribution >= 4 is 29.0 Å². The molecular weight excluding hydrogens is 238 g/mol. The molecule has 3 N–H and O–H groups in total. The summed E-state index contributed by atoms with van der Waals surface area (Å²) < 4.78 is 0. The highest BCUT2D eigenvalue weighted by atomic mass is 35.5. The number of nitrogen functional groups attached to an aromatic ring is 1. The van der Waals surface area contributed by atoms with Crippen LogP contribution >= 0.6 is 11.6 Å². The monoisotopic (exact) mass is 247 g/mol. The highest BCUT2D eigenvalue weighted by Gasteiger charge is 2.05. The van der Waals surface area contributed by atoms with E-state index in [1.807, 2.05) is 0 Å². The van der Waals surface area contributed by atoms with Crippen molar-refractivity contribution < 1.29 is 4.79 Å². The van der Waals surface area contributed by atoms with E-state index in [-0.39, 0.29) is 5.91 Å². The lowest BCUT2D eigenvalue weighted by Crippen LogP contribution is -2.11. The number of carbonyl (C=O) groups is 1. The number of anilines is 2. The van der Waals surface area contributed by atoms with E-state index in [0.717, 1.165) is 0 Å². The van der Waals surface area contributed by atoms with Crippen molar-refractivity contribution in [3.05, 3.63) is 53.2 Å². The van der Waals surface area contributed by atoms with Crippen LogP contribution in [0.1, 0.15) is 10.4 Å². The van der Waals surface area contributed by atoms with Gasteiger partial charge in [0, 0.05) is 10.6 Å².